The molecule has 1 atom stereocenters. The summed E-state index contributed by atoms with van der Waals surface area (Å²) in [5.41, 5.74) is 5.44. The van der Waals surface area contributed by atoms with Gasteiger partial charge in [-0.05, 0) is 19.4 Å². The van der Waals surface area contributed by atoms with Crippen LogP contribution < -0.4 is 5.73 Å². The molecule has 0 spiro atoms. The van der Waals surface area contributed by atoms with Gasteiger partial charge in [0.15, 0.2) is 0 Å². The Balaban J connectivity index is 2.27. The molecule has 0 saturated carbocycles. The van der Waals surface area contributed by atoms with Crippen molar-refractivity contribution in [2.75, 3.05) is 25.5 Å². The highest BCUT2D eigenvalue weighted by molar-refractivity contribution is 6.18. The van der Waals surface area contributed by atoms with Crippen LogP contribution in [0.2, 0.25) is 0 Å². The van der Waals surface area contributed by atoms with Crippen LogP contribution in [0.4, 0.5) is 0 Å². The molecule has 2 N–H and O–H groups in total. The number of nitrogens with zero attached hydrogens (tertiary/aromatic N) is 1. The second-order valence-corrected chi connectivity index (χ2v) is 3.08. The molecule has 0 amide bonds. The van der Waals surface area contributed by atoms with Crippen LogP contribution in [-0.4, -0.2) is 36.5 Å². The van der Waals surface area contributed by atoms with Gasteiger partial charge in [0.25, 0.3) is 0 Å². The molecular formula is C7H15ClN2. The van der Waals surface area contributed by atoms with E-state index in [0.717, 1.165) is 19.0 Å². The maximum Gasteiger partial charge on any atom is 0.0379 e. The van der Waals surface area contributed by atoms with Gasteiger partial charge in [0, 0.05) is 25.0 Å². The van der Waals surface area contributed by atoms with Crippen LogP contribution in [-0.2, 0) is 0 Å². The van der Waals surface area contributed by atoms with Gasteiger partial charge in [-0.1, -0.05) is 0 Å². The van der Waals surface area contributed by atoms with Crippen LogP contribution in [0.5, 0.6) is 0 Å². The SMILES string of the molecule is NCCN1CCC[C@H]1CCl. The van der Waals surface area contributed by atoms with Crippen molar-refractivity contribution in [1.82, 2.24) is 4.90 Å². The third-order valence-electron chi connectivity index (χ3n) is 2.09. The molecule has 3 heteroatoms. The average Bonchev–Trinajstić information content (AvgIpc) is 2.36. The molecule has 1 saturated heterocycles. The van der Waals surface area contributed by atoms with E-state index in [1.54, 1.807) is 0 Å². The fourth-order valence-corrected chi connectivity index (χ4v) is 1.88. The van der Waals surface area contributed by atoms with Gasteiger partial charge in [0.2, 0.25) is 0 Å². The van der Waals surface area contributed by atoms with E-state index in [1.165, 1.54) is 19.4 Å². The second kappa shape index (κ2) is 4.16. The summed E-state index contributed by atoms with van der Waals surface area (Å²) < 4.78 is 0. The Morgan fingerprint density at radius 2 is 2.40 bits per heavy atom. The van der Waals surface area contributed by atoms with Gasteiger partial charge in [-0.25, -0.2) is 0 Å². The van der Waals surface area contributed by atoms with Gasteiger partial charge >= 0.3 is 0 Å². The molecule has 0 aromatic carbocycles. The number of hydrogen-bond acceptors (Lipinski definition) is 2. The molecule has 0 bridgehead atoms. The monoisotopic (exact) mass is 162 g/mol. The summed E-state index contributed by atoms with van der Waals surface area (Å²) in [4.78, 5) is 2.38. The van der Waals surface area contributed by atoms with Crippen molar-refractivity contribution in [3.8, 4) is 0 Å². The van der Waals surface area contributed by atoms with Crippen molar-refractivity contribution in [3.63, 3.8) is 0 Å². The van der Waals surface area contributed by atoms with Crippen LogP contribution in [0, 0.1) is 0 Å². The second-order valence-electron chi connectivity index (χ2n) is 2.77. The van der Waals surface area contributed by atoms with Crippen molar-refractivity contribution in [3.05, 3.63) is 0 Å². The quantitative estimate of drug-likeness (QED) is 0.618. The first-order chi connectivity index (χ1) is 4.88. The molecule has 10 heavy (non-hydrogen) atoms. The van der Waals surface area contributed by atoms with Crippen LogP contribution >= 0.6 is 11.6 Å². The maximum absolute atomic E-state index is 5.76. The summed E-state index contributed by atoms with van der Waals surface area (Å²) in [7, 11) is 0. The van der Waals surface area contributed by atoms with E-state index in [2.05, 4.69) is 4.90 Å². The van der Waals surface area contributed by atoms with E-state index < -0.39 is 0 Å². The normalized spacial score (nSPS) is 27.6. The fourth-order valence-electron chi connectivity index (χ4n) is 1.53. The third-order valence-corrected chi connectivity index (χ3v) is 2.45. The Morgan fingerprint density at radius 1 is 1.60 bits per heavy atom. The zero-order valence-electron chi connectivity index (χ0n) is 6.22. The molecule has 0 unspecified atom stereocenters. The first-order valence-corrected chi connectivity index (χ1v) is 4.42. The van der Waals surface area contributed by atoms with E-state index in [0.29, 0.717) is 6.04 Å². The van der Waals surface area contributed by atoms with Crippen molar-refractivity contribution in [1.29, 1.82) is 0 Å². The number of nitrogens with two attached hydrogens (primary N) is 1. The molecule has 1 heterocycles. The van der Waals surface area contributed by atoms with Crippen LogP contribution in [0.25, 0.3) is 0 Å². The van der Waals surface area contributed by atoms with Gasteiger partial charge in [0.05, 0.1) is 0 Å². The lowest BCUT2D eigenvalue weighted by atomic mass is 10.2. The Labute approximate surface area is 67.3 Å². The smallest absolute Gasteiger partial charge is 0.0379 e. The fraction of sp³-hybridized carbons (Fsp3) is 1.00. The summed E-state index contributed by atoms with van der Waals surface area (Å²) in [6.07, 6.45) is 2.54. The van der Waals surface area contributed by atoms with E-state index in [4.69, 9.17) is 17.3 Å². The molecule has 1 aliphatic heterocycles. The lowest BCUT2D eigenvalue weighted by Gasteiger charge is -2.20. The average molecular weight is 163 g/mol. The van der Waals surface area contributed by atoms with Gasteiger partial charge in [-0.2, -0.15) is 0 Å². The number of alkyl halides is 1. The van der Waals surface area contributed by atoms with Crippen molar-refractivity contribution in [2.45, 2.75) is 18.9 Å². The van der Waals surface area contributed by atoms with E-state index >= 15 is 0 Å². The number of hydrogen-bond donors (Lipinski definition) is 1. The summed E-state index contributed by atoms with van der Waals surface area (Å²) in [5.74, 6) is 0.764. The molecule has 1 fully saturated rings. The van der Waals surface area contributed by atoms with Crippen molar-refractivity contribution >= 4 is 11.6 Å². The molecule has 0 aromatic heterocycles. The van der Waals surface area contributed by atoms with Crippen molar-refractivity contribution in [2.24, 2.45) is 5.73 Å². The minimum atomic E-state index is 0.602. The lowest BCUT2D eigenvalue weighted by Crippen LogP contribution is -2.34. The topological polar surface area (TPSA) is 29.3 Å². The van der Waals surface area contributed by atoms with Crippen LogP contribution in [0.15, 0.2) is 0 Å². The van der Waals surface area contributed by atoms with Crippen molar-refractivity contribution < 1.29 is 0 Å². The van der Waals surface area contributed by atoms with Crippen LogP contribution in [0.1, 0.15) is 12.8 Å². The maximum atomic E-state index is 5.76. The summed E-state index contributed by atoms with van der Waals surface area (Å²) in [6, 6.07) is 0.602. The molecule has 60 valence electrons. The Morgan fingerprint density at radius 3 is 3.00 bits per heavy atom. The molecular weight excluding hydrogens is 148 g/mol. The molecule has 0 aromatic rings. The largest absolute Gasteiger partial charge is 0.329 e. The van der Waals surface area contributed by atoms with E-state index in [1.807, 2.05) is 0 Å². The molecule has 2 nitrogen and oxygen atoms in total. The summed E-state index contributed by atoms with van der Waals surface area (Å²) in [6.45, 7) is 2.96. The molecule has 1 aliphatic rings. The van der Waals surface area contributed by atoms with Gasteiger partial charge < -0.3 is 5.73 Å². The predicted molar refractivity (Wildman–Crippen MR) is 44.4 cm³/mol. The Hall–Kier alpha value is 0.210. The third kappa shape index (κ3) is 1.84. The number of likely N-dealkylation sites (tertiary alicyclic amines) is 1. The highest BCUT2D eigenvalue weighted by Gasteiger charge is 2.21. The molecule has 0 radical (unpaired) electrons. The lowest BCUT2D eigenvalue weighted by molar-refractivity contribution is 0.279. The zero-order valence-corrected chi connectivity index (χ0v) is 6.98. The summed E-state index contributed by atoms with van der Waals surface area (Å²) in [5, 5.41) is 0. The predicted octanol–water partition coefficient (Wildman–Crippen LogP) is 0.648. The van der Waals surface area contributed by atoms with E-state index in [9.17, 15) is 0 Å². The first-order valence-electron chi connectivity index (χ1n) is 3.88. The van der Waals surface area contributed by atoms with Gasteiger partial charge in [-0.3, -0.25) is 4.90 Å². The first kappa shape index (κ1) is 8.31. The van der Waals surface area contributed by atoms with Crippen LogP contribution in [0.3, 0.4) is 0 Å². The highest BCUT2D eigenvalue weighted by atomic mass is 35.5. The number of rotatable bonds is 3. The Bertz CT molecular complexity index is 97.6. The summed E-state index contributed by atoms with van der Waals surface area (Å²) >= 11 is 5.76. The Kier molecular flexibility index (Phi) is 3.46. The van der Waals surface area contributed by atoms with Gasteiger partial charge in [-0.15, -0.1) is 11.6 Å². The number of halogens is 1. The van der Waals surface area contributed by atoms with E-state index in [-0.39, 0.29) is 0 Å². The standard InChI is InChI=1S/C7H15ClN2/c8-6-7-2-1-4-10(7)5-3-9/h7H,1-6,9H2/t7-/m0/s1. The zero-order chi connectivity index (χ0) is 7.40. The van der Waals surface area contributed by atoms with Gasteiger partial charge in [0.1, 0.15) is 0 Å². The minimum Gasteiger partial charge on any atom is -0.329 e. The molecule has 0 aliphatic carbocycles. The highest BCUT2D eigenvalue weighted by Crippen LogP contribution is 2.16. The molecule has 1 rings (SSSR count). The minimum absolute atomic E-state index is 0.602.